The number of ether oxygens (including phenoxy) is 1. The molecule has 1 aromatic carbocycles. The van der Waals surface area contributed by atoms with Gasteiger partial charge >= 0.3 is 6.09 Å². The van der Waals surface area contributed by atoms with E-state index in [9.17, 15) is 9.59 Å². The SMILES string of the molecule is CC(C)(C)OC(=O)NCC(=O)N1CCCN1c1cccc2ncccc12. The molecule has 1 aliphatic heterocycles. The number of benzene rings is 1. The van der Waals surface area contributed by atoms with Crippen molar-refractivity contribution >= 4 is 28.6 Å². The topological polar surface area (TPSA) is 74.8 Å². The van der Waals surface area contributed by atoms with Crippen LogP contribution in [0.25, 0.3) is 10.9 Å². The van der Waals surface area contributed by atoms with E-state index in [0.717, 1.165) is 29.6 Å². The van der Waals surface area contributed by atoms with Crippen LogP contribution in [0.15, 0.2) is 36.5 Å². The Morgan fingerprint density at radius 1 is 1.19 bits per heavy atom. The van der Waals surface area contributed by atoms with Gasteiger partial charge < -0.3 is 10.1 Å². The quantitative estimate of drug-likeness (QED) is 0.915. The number of hydrogen-bond donors (Lipinski definition) is 1. The van der Waals surface area contributed by atoms with Gasteiger partial charge in [0.05, 0.1) is 11.2 Å². The number of pyridine rings is 1. The number of amides is 2. The maximum Gasteiger partial charge on any atom is 0.408 e. The number of carbonyl (C=O) groups excluding carboxylic acids is 2. The number of hydrazine groups is 1. The third kappa shape index (κ3) is 4.04. The molecule has 2 aromatic rings. The van der Waals surface area contributed by atoms with Crippen LogP contribution >= 0.6 is 0 Å². The van der Waals surface area contributed by atoms with Crippen molar-refractivity contribution in [3.63, 3.8) is 0 Å². The molecule has 0 spiro atoms. The monoisotopic (exact) mass is 356 g/mol. The van der Waals surface area contributed by atoms with Crippen LogP contribution in [-0.2, 0) is 9.53 Å². The van der Waals surface area contributed by atoms with E-state index in [2.05, 4.69) is 10.3 Å². The van der Waals surface area contributed by atoms with E-state index in [4.69, 9.17) is 4.74 Å². The molecule has 0 atom stereocenters. The summed E-state index contributed by atoms with van der Waals surface area (Å²) < 4.78 is 5.18. The molecule has 2 heterocycles. The Bertz CT molecular complexity index is 811. The summed E-state index contributed by atoms with van der Waals surface area (Å²) in [7, 11) is 0. The number of hydrogen-bond acceptors (Lipinski definition) is 5. The van der Waals surface area contributed by atoms with Crippen molar-refractivity contribution in [3.05, 3.63) is 36.5 Å². The molecule has 0 bridgehead atoms. The molecule has 0 saturated carbocycles. The molecule has 3 rings (SSSR count). The Morgan fingerprint density at radius 2 is 2.00 bits per heavy atom. The molecule has 1 aromatic heterocycles. The van der Waals surface area contributed by atoms with E-state index < -0.39 is 11.7 Å². The summed E-state index contributed by atoms with van der Waals surface area (Å²) in [6.45, 7) is 6.60. The third-order valence-corrected chi connectivity index (χ3v) is 4.00. The van der Waals surface area contributed by atoms with Crippen molar-refractivity contribution in [2.75, 3.05) is 24.6 Å². The van der Waals surface area contributed by atoms with Gasteiger partial charge in [-0.05, 0) is 51.5 Å². The summed E-state index contributed by atoms with van der Waals surface area (Å²) >= 11 is 0. The van der Waals surface area contributed by atoms with E-state index in [0.29, 0.717) is 6.54 Å². The fraction of sp³-hybridized carbons (Fsp3) is 0.421. The van der Waals surface area contributed by atoms with Crippen LogP contribution in [0.3, 0.4) is 0 Å². The highest BCUT2D eigenvalue weighted by Crippen LogP contribution is 2.29. The molecule has 0 radical (unpaired) electrons. The van der Waals surface area contributed by atoms with Gasteiger partial charge in [0, 0.05) is 24.7 Å². The molecule has 7 heteroatoms. The predicted molar refractivity (Wildman–Crippen MR) is 99.7 cm³/mol. The standard InChI is InChI=1S/C19H24N4O3/c1-19(2,3)26-18(25)21-13-17(24)23-12-6-11-22(23)16-9-4-8-15-14(16)7-5-10-20-15/h4-5,7-10H,6,11-13H2,1-3H3,(H,21,25). The minimum atomic E-state index is -0.594. The van der Waals surface area contributed by atoms with E-state index in [1.54, 1.807) is 32.0 Å². The fourth-order valence-corrected chi connectivity index (χ4v) is 2.99. The molecule has 0 unspecified atom stereocenters. The molecule has 26 heavy (non-hydrogen) atoms. The maximum atomic E-state index is 12.6. The average Bonchev–Trinajstić information content (AvgIpc) is 3.07. The lowest BCUT2D eigenvalue weighted by Gasteiger charge is -2.30. The maximum absolute atomic E-state index is 12.6. The Morgan fingerprint density at radius 3 is 2.77 bits per heavy atom. The molecule has 1 N–H and O–H groups in total. The smallest absolute Gasteiger partial charge is 0.408 e. The van der Waals surface area contributed by atoms with Gasteiger partial charge in [0.15, 0.2) is 0 Å². The van der Waals surface area contributed by atoms with Crippen molar-refractivity contribution in [1.29, 1.82) is 0 Å². The summed E-state index contributed by atoms with van der Waals surface area (Å²) in [5.74, 6) is -0.172. The Hall–Kier alpha value is -2.83. The van der Waals surface area contributed by atoms with Gasteiger partial charge in [0.1, 0.15) is 12.1 Å². The second-order valence-electron chi connectivity index (χ2n) is 7.20. The molecular formula is C19H24N4O3. The summed E-state index contributed by atoms with van der Waals surface area (Å²) in [4.78, 5) is 28.8. The van der Waals surface area contributed by atoms with Gasteiger partial charge in [0.25, 0.3) is 5.91 Å². The van der Waals surface area contributed by atoms with Gasteiger partial charge in [-0.25, -0.2) is 4.79 Å². The highest BCUT2D eigenvalue weighted by Gasteiger charge is 2.28. The summed E-state index contributed by atoms with van der Waals surface area (Å²) in [5, 5.41) is 7.17. The molecule has 0 aliphatic carbocycles. The van der Waals surface area contributed by atoms with Crippen LogP contribution in [0.1, 0.15) is 27.2 Å². The first-order valence-corrected chi connectivity index (χ1v) is 8.73. The van der Waals surface area contributed by atoms with Crippen molar-refractivity contribution < 1.29 is 14.3 Å². The average molecular weight is 356 g/mol. The summed E-state index contributed by atoms with van der Waals surface area (Å²) in [5.41, 5.74) is 1.23. The first-order chi connectivity index (χ1) is 12.3. The largest absolute Gasteiger partial charge is 0.444 e. The van der Waals surface area contributed by atoms with Crippen molar-refractivity contribution in [2.45, 2.75) is 32.8 Å². The van der Waals surface area contributed by atoms with Gasteiger partial charge in [-0.3, -0.25) is 19.8 Å². The van der Waals surface area contributed by atoms with Gasteiger partial charge in [-0.2, -0.15) is 0 Å². The first kappa shape index (κ1) is 18.0. The van der Waals surface area contributed by atoms with Crippen LogP contribution in [0, 0.1) is 0 Å². The van der Waals surface area contributed by atoms with Crippen LogP contribution < -0.4 is 10.3 Å². The number of nitrogens with zero attached hydrogens (tertiary/aromatic N) is 3. The zero-order valence-corrected chi connectivity index (χ0v) is 15.4. The Labute approximate surface area is 152 Å². The van der Waals surface area contributed by atoms with Gasteiger partial charge in [-0.1, -0.05) is 6.07 Å². The van der Waals surface area contributed by atoms with Gasteiger partial charge in [-0.15, -0.1) is 0 Å². The predicted octanol–water partition coefficient (Wildman–Crippen LogP) is 2.71. The van der Waals surface area contributed by atoms with E-state index >= 15 is 0 Å². The fourth-order valence-electron chi connectivity index (χ4n) is 2.99. The molecule has 1 fully saturated rings. The number of fused-ring (bicyclic) bond motifs is 1. The number of nitrogens with one attached hydrogen (secondary N) is 1. The number of rotatable bonds is 3. The highest BCUT2D eigenvalue weighted by molar-refractivity contribution is 5.93. The molecular weight excluding hydrogens is 332 g/mol. The van der Waals surface area contributed by atoms with E-state index in [-0.39, 0.29) is 12.5 Å². The van der Waals surface area contributed by atoms with Crippen LogP contribution in [0.5, 0.6) is 0 Å². The summed E-state index contributed by atoms with van der Waals surface area (Å²) in [6.07, 6.45) is 2.03. The molecule has 138 valence electrons. The van der Waals surface area contributed by atoms with Crippen LogP contribution in [0.2, 0.25) is 0 Å². The number of carbonyl (C=O) groups is 2. The van der Waals surface area contributed by atoms with Gasteiger partial charge in [0.2, 0.25) is 0 Å². The molecule has 7 nitrogen and oxygen atoms in total. The second-order valence-corrected chi connectivity index (χ2v) is 7.20. The van der Waals surface area contributed by atoms with Crippen LogP contribution in [-0.4, -0.2) is 47.2 Å². The Balaban J connectivity index is 1.72. The van der Waals surface area contributed by atoms with E-state index in [1.807, 2.05) is 35.3 Å². The second kappa shape index (κ2) is 7.19. The van der Waals surface area contributed by atoms with Crippen LogP contribution in [0.4, 0.5) is 10.5 Å². The molecule has 1 saturated heterocycles. The zero-order valence-electron chi connectivity index (χ0n) is 15.4. The minimum absolute atomic E-state index is 0.103. The van der Waals surface area contributed by atoms with Crippen molar-refractivity contribution in [3.8, 4) is 0 Å². The van der Waals surface area contributed by atoms with Crippen molar-refractivity contribution in [2.24, 2.45) is 0 Å². The minimum Gasteiger partial charge on any atom is -0.444 e. The number of aromatic nitrogens is 1. The first-order valence-electron chi connectivity index (χ1n) is 8.73. The Kier molecular flexibility index (Phi) is 4.97. The summed E-state index contributed by atoms with van der Waals surface area (Å²) in [6, 6.07) is 9.75. The molecule has 2 amide bonds. The van der Waals surface area contributed by atoms with Crippen molar-refractivity contribution in [1.82, 2.24) is 15.3 Å². The third-order valence-electron chi connectivity index (χ3n) is 4.00. The van der Waals surface area contributed by atoms with E-state index in [1.165, 1.54) is 0 Å². The highest BCUT2D eigenvalue weighted by atomic mass is 16.6. The number of alkyl carbamates (subject to hydrolysis) is 1. The number of anilines is 1. The normalized spacial score (nSPS) is 14.6. The zero-order chi connectivity index (χ0) is 18.7. The lowest BCUT2D eigenvalue weighted by atomic mass is 10.2. The lowest BCUT2D eigenvalue weighted by Crippen LogP contribution is -2.47. The molecule has 1 aliphatic rings. The lowest BCUT2D eigenvalue weighted by molar-refractivity contribution is -0.129.